The zero-order valence-electron chi connectivity index (χ0n) is 15.1. The van der Waals surface area contributed by atoms with Crippen LogP contribution in [0.15, 0.2) is 48.5 Å². The molecule has 0 aromatic heterocycles. The van der Waals surface area contributed by atoms with Gasteiger partial charge in [-0.15, -0.1) is 0 Å². The fourth-order valence-electron chi connectivity index (χ4n) is 2.44. The average molecular weight is 371 g/mol. The third-order valence-corrected chi connectivity index (χ3v) is 3.81. The Morgan fingerprint density at radius 1 is 1.11 bits per heavy atom. The third kappa shape index (κ3) is 5.85. The zero-order chi connectivity index (χ0) is 19.8. The number of aryl methyl sites for hydroxylation is 1. The van der Waals surface area contributed by atoms with Crippen molar-refractivity contribution in [2.45, 2.75) is 19.4 Å². The number of amides is 1. The minimum absolute atomic E-state index is 0.0396. The third-order valence-electron chi connectivity index (χ3n) is 3.81. The number of phenolic OH excluding ortho intramolecular Hbond substituents is 1. The highest BCUT2D eigenvalue weighted by Crippen LogP contribution is 2.19. The van der Waals surface area contributed by atoms with Crippen LogP contribution in [0.25, 0.3) is 0 Å². The molecular weight excluding hydrogens is 350 g/mol. The van der Waals surface area contributed by atoms with E-state index in [1.807, 2.05) is 30.3 Å². The first kappa shape index (κ1) is 20.0. The van der Waals surface area contributed by atoms with Crippen molar-refractivity contribution in [2.75, 3.05) is 13.7 Å². The fourth-order valence-corrected chi connectivity index (χ4v) is 2.44. The molecule has 0 radical (unpaired) electrons. The molecule has 2 aromatic carbocycles. The summed E-state index contributed by atoms with van der Waals surface area (Å²) in [5.74, 6) is -2.31. The van der Waals surface area contributed by atoms with Gasteiger partial charge in [-0.1, -0.05) is 36.4 Å². The lowest BCUT2D eigenvalue weighted by Gasteiger charge is -2.16. The van der Waals surface area contributed by atoms with Gasteiger partial charge in [0.2, 0.25) is 0 Å². The van der Waals surface area contributed by atoms with Crippen LogP contribution in [0, 0.1) is 6.92 Å². The van der Waals surface area contributed by atoms with Gasteiger partial charge in [0.25, 0.3) is 5.91 Å². The number of esters is 2. The van der Waals surface area contributed by atoms with Crippen LogP contribution in [-0.2, 0) is 25.5 Å². The molecule has 7 heteroatoms. The van der Waals surface area contributed by atoms with Crippen LogP contribution < -0.4 is 5.32 Å². The first-order chi connectivity index (χ1) is 12.9. The van der Waals surface area contributed by atoms with Crippen molar-refractivity contribution in [3.8, 4) is 5.75 Å². The van der Waals surface area contributed by atoms with Gasteiger partial charge in [-0.2, -0.15) is 0 Å². The average Bonchev–Trinajstić information content (AvgIpc) is 2.65. The molecule has 0 bridgehead atoms. The number of methoxy groups -OCH3 is 1. The molecule has 1 unspecified atom stereocenters. The van der Waals surface area contributed by atoms with E-state index in [1.165, 1.54) is 19.2 Å². The number of hydrogen-bond acceptors (Lipinski definition) is 6. The molecule has 2 N–H and O–H groups in total. The Kier molecular flexibility index (Phi) is 6.93. The van der Waals surface area contributed by atoms with Gasteiger partial charge in [0.1, 0.15) is 17.4 Å². The summed E-state index contributed by atoms with van der Waals surface area (Å²) in [5, 5.41) is 12.3. The van der Waals surface area contributed by atoms with Crippen molar-refractivity contribution in [3.05, 3.63) is 65.2 Å². The molecule has 1 atom stereocenters. The number of carbonyl (C=O) groups is 3. The summed E-state index contributed by atoms with van der Waals surface area (Å²) in [7, 11) is 1.23. The summed E-state index contributed by atoms with van der Waals surface area (Å²) >= 11 is 0. The van der Waals surface area contributed by atoms with Gasteiger partial charge in [-0.3, -0.25) is 4.79 Å². The number of aromatic hydroxyl groups is 1. The Labute approximate surface area is 156 Å². The second-order valence-corrected chi connectivity index (χ2v) is 5.93. The van der Waals surface area contributed by atoms with Crippen molar-refractivity contribution in [3.63, 3.8) is 0 Å². The number of hydrogen-bond donors (Lipinski definition) is 2. The molecule has 0 aliphatic rings. The van der Waals surface area contributed by atoms with Crippen LogP contribution in [0.3, 0.4) is 0 Å². The molecule has 27 heavy (non-hydrogen) atoms. The first-order valence-corrected chi connectivity index (χ1v) is 8.28. The van der Waals surface area contributed by atoms with Crippen molar-refractivity contribution in [1.82, 2.24) is 5.32 Å². The molecule has 0 spiro atoms. The summed E-state index contributed by atoms with van der Waals surface area (Å²) < 4.78 is 9.62. The number of nitrogens with one attached hydrogen (secondary N) is 1. The lowest BCUT2D eigenvalue weighted by atomic mass is 10.1. The smallest absolute Gasteiger partial charge is 0.342 e. The van der Waals surface area contributed by atoms with Crippen LogP contribution >= 0.6 is 0 Å². The zero-order valence-corrected chi connectivity index (χ0v) is 15.1. The number of ether oxygens (including phenoxy) is 2. The molecule has 0 heterocycles. The Balaban J connectivity index is 1.94. The van der Waals surface area contributed by atoms with Crippen LogP contribution in [-0.4, -0.2) is 42.7 Å². The van der Waals surface area contributed by atoms with Crippen molar-refractivity contribution in [1.29, 1.82) is 0 Å². The highest BCUT2D eigenvalue weighted by atomic mass is 16.5. The molecular formula is C20H21NO6. The molecule has 1 amide bonds. The van der Waals surface area contributed by atoms with Gasteiger partial charge in [-0.05, 0) is 30.2 Å². The number of carbonyl (C=O) groups excluding carboxylic acids is 3. The summed E-state index contributed by atoms with van der Waals surface area (Å²) in [4.78, 5) is 36.0. The predicted molar refractivity (Wildman–Crippen MR) is 97.2 cm³/mol. The number of benzene rings is 2. The van der Waals surface area contributed by atoms with E-state index < -0.39 is 30.5 Å². The predicted octanol–water partition coefficient (Wildman–Crippen LogP) is 1.76. The molecule has 0 fully saturated rings. The van der Waals surface area contributed by atoms with Crippen LogP contribution in [0.1, 0.15) is 21.5 Å². The van der Waals surface area contributed by atoms with E-state index in [-0.39, 0.29) is 17.7 Å². The SMILES string of the molecule is COC(=O)C(Cc1ccccc1)NC(=O)COC(=O)c1ccc(C)cc1O. The molecule has 7 nitrogen and oxygen atoms in total. The van der Waals surface area contributed by atoms with Crippen molar-refractivity contribution in [2.24, 2.45) is 0 Å². The van der Waals surface area contributed by atoms with Gasteiger partial charge >= 0.3 is 11.9 Å². The highest BCUT2D eigenvalue weighted by molar-refractivity contribution is 5.94. The van der Waals surface area contributed by atoms with Crippen LogP contribution in [0.5, 0.6) is 5.75 Å². The van der Waals surface area contributed by atoms with Gasteiger partial charge in [0, 0.05) is 6.42 Å². The Hall–Kier alpha value is -3.35. The molecule has 0 saturated heterocycles. The lowest BCUT2D eigenvalue weighted by Crippen LogP contribution is -2.44. The maximum Gasteiger partial charge on any atom is 0.342 e. The monoisotopic (exact) mass is 371 g/mol. The van der Waals surface area contributed by atoms with E-state index in [1.54, 1.807) is 13.0 Å². The minimum atomic E-state index is -0.906. The van der Waals surface area contributed by atoms with E-state index in [4.69, 9.17) is 9.47 Å². The molecule has 2 aromatic rings. The van der Waals surface area contributed by atoms with Gasteiger partial charge in [0.15, 0.2) is 6.61 Å². The highest BCUT2D eigenvalue weighted by Gasteiger charge is 2.23. The van der Waals surface area contributed by atoms with Crippen molar-refractivity contribution < 1.29 is 29.0 Å². The molecule has 2 rings (SSSR count). The quantitative estimate of drug-likeness (QED) is 0.719. The summed E-state index contributed by atoms with van der Waals surface area (Å²) in [6.45, 7) is 1.18. The maximum absolute atomic E-state index is 12.1. The fraction of sp³-hybridized carbons (Fsp3) is 0.250. The Morgan fingerprint density at radius 2 is 1.81 bits per heavy atom. The molecule has 142 valence electrons. The van der Waals surface area contributed by atoms with E-state index >= 15 is 0 Å². The second-order valence-electron chi connectivity index (χ2n) is 5.93. The van der Waals surface area contributed by atoms with Crippen LogP contribution in [0.4, 0.5) is 0 Å². The largest absolute Gasteiger partial charge is 0.507 e. The second kappa shape index (κ2) is 9.38. The van der Waals surface area contributed by atoms with Gasteiger partial charge in [0.05, 0.1) is 7.11 Å². The Morgan fingerprint density at radius 3 is 2.44 bits per heavy atom. The molecule has 0 saturated carbocycles. The van der Waals surface area contributed by atoms with E-state index in [0.717, 1.165) is 11.1 Å². The van der Waals surface area contributed by atoms with Crippen molar-refractivity contribution >= 4 is 17.8 Å². The van der Waals surface area contributed by atoms with Gasteiger partial charge in [-0.25, -0.2) is 9.59 Å². The standard InChI is InChI=1S/C20H21NO6/c1-13-8-9-15(17(22)10-13)19(24)27-12-18(23)21-16(20(25)26-2)11-14-6-4-3-5-7-14/h3-10,16,22H,11-12H2,1-2H3,(H,21,23). The summed E-state index contributed by atoms with van der Waals surface area (Å²) in [6, 6.07) is 12.7. The minimum Gasteiger partial charge on any atom is -0.507 e. The number of rotatable bonds is 7. The number of phenols is 1. The maximum atomic E-state index is 12.1. The summed E-state index contributed by atoms with van der Waals surface area (Å²) in [5.41, 5.74) is 1.58. The van der Waals surface area contributed by atoms with Gasteiger partial charge < -0.3 is 19.9 Å². The Bertz CT molecular complexity index is 818. The van der Waals surface area contributed by atoms with E-state index in [9.17, 15) is 19.5 Å². The first-order valence-electron chi connectivity index (χ1n) is 8.28. The van der Waals surface area contributed by atoms with E-state index in [2.05, 4.69) is 5.32 Å². The van der Waals surface area contributed by atoms with E-state index in [0.29, 0.717) is 0 Å². The molecule has 0 aliphatic carbocycles. The summed E-state index contributed by atoms with van der Waals surface area (Å²) in [6.07, 6.45) is 0.242. The lowest BCUT2D eigenvalue weighted by molar-refractivity contribution is -0.145. The van der Waals surface area contributed by atoms with Crippen LogP contribution in [0.2, 0.25) is 0 Å². The molecule has 0 aliphatic heterocycles. The normalized spacial score (nSPS) is 11.3. The topological polar surface area (TPSA) is 102 Å².